The van der Waals surface area contributed by atoms with Crippen LogP contribution in [-0.4, -0.2) is 12.5 Å². The van der Waals surface area contributed by atoms with Crippen LogP contribution in [0.1, 0.15) is 56.6 Å². The van der Waals surface area contributed by atoms with Crippen LogP contribution in [0.2, 0.25) is 0 Å². The lowest BCUT2D eigenvalue weighted by Crippen LogP contribution is -2.25. The van der Waals surface area contributed by atoms with E-state index in [-0.39, 0.29) is 5.91 Å². The molecule has 3 heteroatoms. The van der Waals surface area contributed by atoms with Crippen molar-refractivity contribution in [1.82, 2.24) is 10.9 Å². The molecule has 0 spiro atoms. The molecular weight excluding hydrogens is 308 g/mol. The second kappa shape index (κ2) is 8.82. The predicted molar refractivity (Wildman–Crippen MR) is 105 cm³/mol. The molecule has 3 nitrogen and oxygen atoms in total. The largest absolute Gasteiger partial charge is 0.287 e. The zero-order valence-corrected chi connectivity index (χ0v) is 15.1. The zero-order chi connectivity index (χ0) is 17.5. The van der Waals surface area contributed by atoms with Crippen LogP contribution in [0.15, 0.2) is 42.0 Å². The van der Waals surface area contributed by atoms with Crippen LogP contribution in [0.4, 0.5) is 0 Å². The average Bonchev–Trinajstić information content (AvgIpc) is 3.03. The van der Waals surface area contributed by atoms with Gasteiger partial charge in [-0.05, 0) is 40.8 Å². The number of carbonyl (C=O) groups is 1. The maximum Gasteiger partial charge on any atom is 0.262 e. The molecule has 1 amide bonds. The average molecular weight is 336 g/mol. The van der Waals surface area contributed by atoms with E-state index >= 15 is 0 Å². The highest BCUT2D eigenvalue weighted by Gasteiger charge is 2.16. The first kappa shape index (κ1) is 17.7. The molecule has 1 aliphatic rings. The van der Waals surface area contributed by atoms with E-state index in [1.54, 1.807) is 0 Å². The number of aryl methyl sites for hydroxylation is 1. The Bertz CT molecular complexity index is 758. The van der Waals surface area contributed by atoms with Gasteiger partial charge >= 0.3 is 0 Å². The first-order valence-corrected chi connectivity index (χ1v) is 9.54. The molecule has 0 radical (unpaired) electrons. The highest BCUT2D eigenvalue weighted by molar-refractivity contribution is 6.03. The SMILES string of the molecule is CCCCCCCCc1cccc2cccc(/C=C3\CNNC3=O)c12. The van der Waals surface area contributed by atoms with E-state index < -0.39 is 0 Å². The summed E-state index contributed by atoms with van der Waals surface area (Å²) in [5.41, 5.74) is 8.88. The summed E-state index contributed by atoms with van der Waals surface area (Å²) in [6, 6.07) is 12.9. The van der Waals surface area contributed by atoms with Crippen molar-refractivity contribution < 1.29 is 4.79 Å². The van der Waals surface area contributed by atoms with Crippen molar-refractivity contribution in [2.45, 2.75) is 51.9 Å². The van der Waals surface area contributed by atoms with E-state index in [0.717, 1.165) is 17.6 Å². The fraction of sp³-hybridized carbons (Fsp3) is 0.409. The molecule has 0 atom stereocenters. The molecule has 3 rings (SSSR count). The zero-order valence-electron chi connectivity index (χ0n) is 15.1. The van der Waals surface area contributed by atoms with Crippen molar-refractivity contribution in [3.63, 3.8) is 0 Å². The van der Waals surface area contributed by atoms with Gasteiger partial charge in [-0.1, -0.05) is 75.4 Å². The summed E-state index contributed by atoms with van der Waals surface area (Å²) in [6.45, 7) is 2.83. The van der Waals surface area contributed by atoms with E-state index in [2.05, 4.69) is 54.2 Å². The summed E-state index contributed by atoms with van der Waals surface area (Å²) >= 11 is 0. The second-order valence-corrected chi connectivity index (χ2v) is 6.86. The smallest absolute Gasteiger partial charge is 0.262 e. The molecule has 25 heavy (non-hydrogen) atoms. The molecular formula is C22H28N2O. The molecule has 2 N–H and O–H groups in total. The molecule has 1 heterocycles. The van der Waals surface area contributed by atoms with Crippen molar-refractivity contribution in [2.24, 2.45) is 0 Å². The van der Waals surface area contributed by atoms with Crippen LogP contribution >= 0.6 is 0 Å². The van der Waals surface area contributed by atoms with Gasteiger partial charge in [0.15, 0.2) is 0 Å². The van der Waals surface area contributed by atoms with Crippen molar-refractivity contribution >= 4 is 22.8 Å². The third-order valence-corrected chi connectivity index (χ3v) is 4.93. The van der Waals surface area contributed by atoms with Gasteiger partial charge in [-0.2, -0.15) is 0 Å². The van der Waals surface area contributed by atoms with Crippen LogP contribution < -0.4 is 10.9 Å². The van der Waals surface area contributed by atoms with Gasteiger partial charge < -0.3 is 0 Å². The summed E-state index contributed by atoms with van der Waals surface area (Å²) in [7, 11) is 0. The van der Waals surface area contributed by atoms with E-state index in [9.17, 15) is 4.79 Å². The molecule has 2 aromatic carbocycles. The molecule has 0 unspecified atom stereocenters. The van der Waals surface area contributed by atoms with Gasteiger partial charge in [-0.3, -0.25) is 10.2 Å². The Morgan fingerprint density at radius 1 is 1.00 bits per heavy atom. The number of amides is 1. The van der Waals surface area contributed by atoms with Crippen molar-refractivity contribution in [3.8, 4) is 0 Å². The number of carbonyl (C=O) groups excluding carboxylic acids is 1. The number of fused-ring (bicyclic) bond motifs is 1. The van der Waals surface area contributed by atoms with Gasteiger partial charge in [0.1, 0.15) is 0 Å². The van der Waals surface area contributed by atoms with E-state index in [1.807, 2.05) is 6.08 Å². The lowest BCUT2D eigenvalue weighted by molar-refractivity contribution is -0.116. The summed E-state index contributed by atoms with van der Waals surface area (Å²) in [4.78, 5) is 11.9. The monoisotopic (exact) mass is 336 g/mol. The highest BCUT2D eigenvalue weighted by atomic mass is 16.2. The number of benzene rings is 2. The Balaban J connectivity index is 1.80. The van der Waals surface area contributed by atoms with E-state index in [4.69, 9.17) is 0 Å². The maximum absolute atomic E-state index is 11.9. The Labute approximate surface area is 150 Å². The van der Waals surface area contributed by atoms with Gasteiger partial charge in [0.05, 0.1) is 0 Å². The summed E-state index contributed by atoms with van der Waals surface area (Å²) < 4.78 is 0. The first-order chi connectivity index (χ1) is 12.3. The maximum atomic E-state index is 11.9. The normalized spacial score (nSPS) is 15.9. The predicted octanol–water partition coefficient (Wildman–Crippen LogP) is 4.76. The minimum absolute atomic E-state index is 0.0228. The first-order valence-electron chi connectivity index (χ1n) is 9.54. The van der Waals surface area contributed by atoms with Crippen molar-refractivity contribution in [2.75, 3.05) is 6.54 Å². The Morgan fingerprint density at radius 3 is 2.52 bits per heavy atom. The van der Waals surface area contributed by atoms with Gasteiger partial charge in [0.25, 0.3) is 5.91 Å². The Kier molecular flexibility index (Phi) is 6.24. The van der Waals surface area contributed by atoms with E-state index in [0.29, 0.717) is 6.54 Å². The standard InChI is InChI=1S/C22H28N2O/c1-2-3-4-5-6-7-10-17-11-8-12-18-13-9-14-19(21(17)18)15-20-16-23-24-22(20)25/h8-9,11-15,23H,2-7,10,16H2,1H3,(H,24,25)/b20-15+. The summed E-state index contributed by atoms with van der Waals surface area (Å²) in [6.07, 6.45) is 11.0. The van der Waals surface area contributed by atoms with Gasteiger partial charge in [-0.15, -0.1) is 0 Å². The quantitative estimate of drug-likeness (QED) is 0.539. The number of unbranched alkanes of at least 4 members (excludes halogenated alkanes) is 5. The Morgan fingerprint density at radius 2 is 1.76 bits per heavy atom. The Hall–Kier alpha value is -2.13. The highest BCUT2D eigenvalue weighted by Crippen LogP contribution is 2.27. The van der Waals surface area contributed by atoms with Crippen LogP contribution in [0, 0.1) is 0 Å². The topological polar surface area (TPSA) is 41.1 Å². The molecule has 1 aliphatic heterocycles. The third-order valence-electron chi connectivity index (χ3n) is 4.93. The second-order valence-electron chi connectivity index (χ2n) is 6.86. The van der Waals surface area contributed by atoms with Crippen LogP contribution in [0.5, 0.6) is 0 Å². The van der Waals surface area contributed by atoms with Gasteiger partial charge in [0.2, 0.25) is 0 Å². The number of rotatable bonds is 8. The van der Waals surface area contributed by atoms with Gasteiger partial charge in [-0.25, -0.2) is 5.43 Å². The van der Waals surface area contributed by atoms with Crippen LogP contribution in [-0.2, 0) is 11.2 Å². The molecule has 2 aromatic rings. The molecule has 0 saturated carbocycles. The van der Waals surface area contributed by atoms with Crippen LogP contribution in [0.25, 0.3) is 16.8 Å². The van der Waals surface area contributed by atoms with E-state index in [1.165, 1.54) is 54.9 Å². The molecule has 0 bridgehead atoms. The van der Waals surface area contributed by atoms with Crippen molar-refractivity contribution in [1.29, 1.82) is 0 Å². The number of hydrogen-bond donors (Lipinski definition) is 2. The summed E-state index contributed by atoms with van der Waals surface area (Å²) in [5, 5.41) is 2.55. The number of hydrogen-bond acceptors (Lipinski definition) is 2. The summed E-state index contributed by atoms with van der Waals surface area (Å²) in [5.74, 6) is -0.0228. The number of nitrogens with one attached hydrogen (secondary N) is 2. The van der Waals surface area contributed by atoms with Crippen molar-refractivity contribution in [3.05, 3.63) is 53.1 Å². The minimum atomic E-state index is -0.0228. The fourth-order valence-corrected chi connectivity index (χ4v) is 3.56. The lowest BCUT2D eigenvalue weighted by Gasteiger charge is -2.10. The minimum Gasteiger partial charge on any atom is -0.287 e. The molecule has 1 saturated heterocycles. The van der Waals surface area contributed by atoms with Gasteiger partial charge in [0, 0.05) is 12.1 Å². The lowest BCUT2D eigenvalue weighted by atomic mass is 9.94. The third kappa shape index (κ3) is 4.49. The molecule has 0 aromatic heterocycles. The molecule has 1 fully saturated rings. The fourth-order valence-electron chi connectivity index (χ4n) is 3.56. The number of hydrazine groups is 1. The van der Waals surface area contributed by atoms with Crippen LogP contribution in [0.3, 0.4) is 0 Å². The molecule has 0 aliphatic carbocycles. The molecule has 132 valence electrons.